The Hall–Kier alpha value is -3.54. The molecule has 4 N–H and O–H groups in total. The van der Waals surface area contributed by atoms with Crippen LogP contribution in [0.1, 0.15) is 58.9 Å². The average Bonchev–Trinajstić information content (AvgIpc) is 3.54. The Morgan fingerprint density at radius 2 is 1.77 bits per heavy atom. The molecule has 0 radical (unpaired) electrons. The number of nitrogens with two attached hydrogens (primary N) is 1. The molecule has 0 aromatic heterocycles. The first-order valence-electron chi connectivity index (χ1n) is 13.6. The van der Waals surface area contributed by atoms with E-state index in [1.165, 1.54) is 47.9 Å². The van der Waals surface area contributed by atoms with Crippen LogP contribution < -0.4 is 11.1 Å². The van der Waals surface area contributed by atoms with Crippen molar-refractivity contribution >= 4 is 29.6 Å². The molecule has 2 aliphatic heterocycles. The Morgan fingerprint density at radius 3 is 2.35 bits per heavy atom. The highest BCUT2D eigenvalue weighted by Gasteiger charge is 2.53. The summed E-state index contributed by atoms with van der Waals surface area (Å²) in [5.41, 5.74) is 4.64. The van der Waals surface area contributed by atoms with E-state index in [9.17, 15) is 33.5 Å². The molecule has 12 heteroatoms. The van der Waals surface area contributed by atoms with Crippen molar-refractivity contribution in [1.82, 2.24) is 15.1 Å². The van der Waals surface area contributed by atoms with E-state index in [2.05, 4.69) is 5.32 Å². The summed E-state index contributed by atoms with van der Waals surface area (Å²) < 4.78 is 18.8. The average molecular weight is 563 g/mol. The summed E-state index contributed by atoms with van der Waals surface area (Å²) in [5, 5.41) is 12.6. The van der Waals surface area contributed by atoms with Crippen molar-refractivity contribution < 1.29 is 38.2 Å². The van der Waals surface area contributed by atoms with Gasteiger partial charge in [0.1, 0.15) is 29.5 Å². The minimum Gasteiger partial charge on any atom is -0.460 e. The molecular formula is C28H39FN4O7. The fraction of sp³-hybridized carbons (Fsp3) is 0.607. The standard InChI is InChI=1S/C28H39FN4O7/c1-16(17(2)34)25(37)32-13-5-7-22(32)26(38)33-14-6-12-28(33,15-20-8-10-21(29)11-9-20)27(39)31-23(24(30)36)18(3)40-19(4)35/h8-11,16-18,22-23,34H,5-7,12-15H2,1-4H3,(H2,30,36)(H,31,39)/t16-,17+,18+,22-,23-,28+/m0/s1. The minimum absolute atomic E-state index is 0.0169. The zero-order chi connectivity index (χ0) is 29.8. The minimum atomic E-state index is -1.48. The van der Waals surface area contributed by atoms with Crippen molar-refractivity contribution in [3.8, 4) is 0 Å². The van der Waals surface area contributed by atoms with Crippen LogP contribution in [0.25, 0.3) is 0 Å². The zero-order valence-electron chi connectivity index (χ0n) is 23.4. The summed E-state index contributed by atoms with van der Waals surface area (Å²) >= 11 is 0. The van der Waals surface area contributed by atoms with E-state index < -0.39 is 65.3 Å². The zero-order valence-corrected chi connectivity index (χ0v) is 23.4. The predicted molar refractivity (Wildman–Crippen MR) is 142 cm³/mol. The van der Waals surface area contributed by atoms with Crippen molar-refractivity contribution in [1.29, 1.82) is 0 Å². The summed E-state index contributed by atoms with van der Waals surface area (Å²) in [7, 11) is 0. The molecule has 0 bridgehead atoms. The number of aliphatic hydroxyl groups excluding tert-OH is 1. The number of ether oxygens (including phenoxy) is 1. The number of carbonyl (C=O) groups is 5. The van der Waals surface area contributed by atoms with Gasteiger partial charge in [-0.1, -0.05) is 19.1 Å². The monoisotopic (exact) mass is 562 g/mol. The fourth-order valence-corrected chi connectivity index (χ4v) is 5.60. The number of nitrogens with one attached hydrogen (secondary N) is 1. The van der Waals surface area contributed by atoms with Gasteiger partial charge in [0.05, 0.1) is 12.0 Å². The molecule has 0 unspecified atom stereocenters. The highest BCUT2D eigenvalue weighted by atomic mass is 19.1. The van der Waals surface area contributed by atoms with Crippen molar-refractivity contribution in [2.24, 2.45) is 11.7 Å². The van der Waals surface area contributed by atoms with Crippen molar-refractivity contribution in [2.75, 3.05) is 13.1 Å². The van der Waals surface area contributed by atoms with Crippen LogP contribution in [-0.4, -0.2) is 87.4 Å². The fourth-order valence-electron chi connectivity index (χ4n) is 5.60. The van der Waals surface area contributed by atoms with Gasteiger partial charge in [0, 0.05) is 26.4 Å². The molecule has 1 aromatic carbocycles. The predicted octanol–water partition coefficient (Wildman–Crippen LogP) is 0.659. The first-order chi connectivity index (χ1) is 18.8. The summed E-state index contributed by atoms with van der Waals surface area (Å²) in [6.07, 6.45) is -0.269. The smallest absolute Gasteiger partial charge is 0.302 e. The van der Waals surface area contributed by atoms with E-state index >= 15 is 0 Å². The highest BCUT2D eigenvalue weighted by molar-refractivity contribution is 5.98. The molecule has 0 aliphatic carbocycles. The van der Waals surface area contributed by atoms with Crippen molar-refractivity contribution in [3.05, 3.63) is 35.6 Å². The Labute approximate surface area is 233 Å². The van der Waals surface area contributed by atoms with Crippen molar-refractivity contribution in [3.63, 3.8) is 0 Å². The van der Waals surface area contributed by atoms with Crippen molar-refractivity contribution in [2.45, 2.75) is 89.6 Å². The van der Waals surface area contributed by atoms with Gasteiger partial charge in [0.25, 0.3) is 0 Å². The van der Waals surface area contributed by atoms with Gasteiger partial charge in [0.2, 0.25) is 23.6 Å². The Morgan fingerprint density at radius 1 is 1.12 bits per heavy atom. The first kappa shape index (κ1) is 31.0. The summed E-state index contributed by atoms with van der Waals surface area (Å²) in [5.74, 6) is -4.18. The second-order valence-electron chi connectivity index (χ2n) is 10.8. The highest BCUT2D eigenvalue weighted by Crippen LogP contribution is 2.36. The molecule has 11 nitrogen and oxygen atoms in total. The van der Waals surface area contributed by atoms with Gasteiger partial charge in [-0.15, -0.1) is 0 Å². The molecular weight excluding hydrogens is 523 g/mol. The number of hydrogen-bond donors (Lipinski definition) is 3. The molecule has 40 heavy (non-hydrogen) atoms. The van der Waals surface area contributed by atoms with Gasteiger partial charge in [-0.3, -0.25) is 24.0 Å². The van der Waals surface area contributed by atoms with Crippen LogP contribution in [-0.2, 0) is 35.1 Å². The molecule has 2 saturated heterocycles. The molecule has 220 valence electrons. The molecule has 0 spiro atoms. The molecule has 2 fully saturated rings. The maximum Gasteiger partial charge on any atom is 0.302 e. The van der Waals surface area contributed by atoms with Gasteiger partial charge < -0.3 is 30.7 Å². The second kappa shape index (κ2) is 12.8. The number of halogens is 1. The van der Waals surface area contributed by atoms with Crippen LogP contribution >= 0.6 is 0 Å². The van der Waals surface area contributed by atoms with E-state index in [1.54, 1.807) is 6.92 Å². The normalized spacial score (nSPS) is 23.7. The van der Waals surface area contributed by atoms with E-state index in [0.717, 1.165) is 6.92 Å². The number of aliphatic hydroxyl groups is 1. The number of amides is 4. The lowest BCUT2D eigenvalue weighted by molar-refractivity contribution is -0.155. The Bertz CT molecular complexity index is 1130. The van der Waals surface area contributed by atoms with E-state index in [1.807, 2.05) is 0 Å². The largest absolute Gasteiger partial charge is 0.460 e. The SMILES string of the molecule is CC(=O)O[C@H](C)[C@H](NC(=O)[C@]1(Cc2ccc(F)cc2)CCCN1C(=O)[C@@H]1CCCN1C(=O)[C@@H](C)[C@@H](C)O)C(N)=O. The topological polar surface area (TPSA) is 159 Å². The number of primary amides is 1. The number of carbonyl (C=O) groups excluding carboxylic acids is 5. The second-order valence-corrected chi connectivity index (χ2v) is 10.8. The molecule has 6 atom stereocenters. The van der Waals surface area contributed by atoms with Crippen LogP contribution in [0.5, 0.6) is 0 Å². The third-order valence-corrected chi connectivity index (χ3v) is 7.94. The number of nitrogens with zero attached hydrogens (tertiary/aromatic N) is 2. The third-order valence-electron chi connectivity index (χ3n) is 7.94. The molecule has 3 rings (SSSR count). The summed E-state index contributed by atoms with van der Waals surface area (Å²) in [6, 6.07) is 3.37. The third kappa shape index (κ3) is 6.60. The van der Waals surface area contributed by atoms with Gasteiger partial charge in [-0.25, -0.2) is 4.39 Å². The van der Waals surface area contributed by atoms with Crippen LogP contribution in [0.4, 0.5) is 4.39 Å². The lowest BCUT2D eigenvalue weighted by Crippen LogP contribution is -2.65. The van der Waals surface area contributed by atoms with Crippen LogP contribution in [0.15, 0.2) is 24.3 Å². The molecule has 2 heterocycles. The molecule has 1 aromatic rings. The number of esters is 1. The lowest BCUT2D eigenvalue weighted by Gasteiger charge is -2.41. The number of hydrogen-bond acceptors (Lipinski definition) is 7. The van der Waals surface area contributed by atoms with Gasteiger partial charge in [0.15, 0.2) is 0 Å². The number of benzene rings is 1. The number of likely N-dealkylation sites (tertiary alicyclic amines) is 2. The quantitative estimate of drug-likeness (QED) is 0.353. The summed E-state index contributed by atoms with van der Waals surface area (Å²) in [6.45, 7) is 6.27. The van der Waals surface area contributed by atoms with Crippen LogP contribution in [0.3, 0.4) is 0 Å². The molecule has 4 amide bonds. The van der Waals surface area contributed by atoms with E-state index in [4.69, 9.17) is 10.5 Å². The van der Waals surface area contributed by atoms with Gasteiger partial charge in [-0.05, 0) is 57.2 Å². The maximum atomic E-state index is 14.1. The van der Waals surface area contributed by atoms with E-state index in [-0.39, 0.29) is 25.3 Å². The van der Waals surface area contributed by atoms with Gasteiger partial charge in [-0.2, -0.15) is 0 Å². The maximum absolute atomic E-state index is 14.1. The van der Waals surface area contributed by atoms with Gasteiger partial charge >= 0.3 is 5.97 Å². The number of rotatable bonds is 10. The van der Waals surface area contributed by atoms with Crippen LogP contribution in [0.2, 0.25) is 0 Å². The summed E-state index contributed by atoms with van der Waals surface area (Å²) in [4.78, 5) is 67.9. The van der Waals surface area contributed by atoms with E-state index in [0.29, 0.717) is 31.4 Å². The Balaban J connectivity index is 1.98. The first-order valence-corrected chi connectivity index (χ1v) is 13.6. The lowest BCUT2D eigenvalue weighted by atomic mass is 9.86. The van der Waals surface area contributed by atoms with Crippen LogP contribution in [0, 0.1) is 11.7 Å². The Kier molecular flexibility index (Phi) is 9.88. The molecule has 2 aliphatic rings. The molecule has 0 saturated carbocycles.